The Morgan fingerprint density at radius 2 is 1.72 bits per heavy atom. The van der Waals surface area contributed by atoms with Crippen LogP contribution in [0, 0.1) is 5.41 Å². The summed E-state index contributed by atoms with van der Waals surface area (Å²) in [6, 6.07) is 6.13. The van der Waals surface area contributed by atoms with Crippen LogP contribution in [0.2, 0.25) is 0 Å². The number of nitrogens with two attached hydrogens (primary N) is 1. The topological polar surface area (TPSA) is 44.5 Å². The van der Waals surface area contributed by atoms with Gasteiger partial charge in [0.15, 0.2) is 11.5 Å². The lowest BCUT2D eigenvalue weighted by molar-refractivity contribution is 0.305. The van der Waals surface area contributed by atoms with Crippen LogP contribution < -0.4 is 15.2 Å². The van der Waals surface area contributed by atoms with E-state index in [1.54, 1.807) is 14.2 Å². The van der Waals surface area contributed by atoms with Crippen LogP contribution in [0.25, 0.3) is 0 Å². The summed E-state index contributed by atoms with van der Waals surface area (Å²) in [5, 5.41) is 0. The van der Waals surface area contributed by atoms with Gasteiger partial charge in [0.05, 0.1) is 14.2 Å². The van der Waals surface area contributed by atoms with Gasteiger partial charge < -0.3 is 15.2 Å². The van der Waals surface area contributed by atoms with E-state index in [4.69, 9.17) is 15.2 Å². The molecule has 3 nitrogen and oxygen atoms in total. The molecule has 0 spiro atoms. The first kappa shape index (κ1) is 14.8. The molecule has 1 aromatic rings. The average molecular weight is 251 g/mol. The van der Waals surface area contributed by atoms with E-state index in [-0.39, 0.29) is 5.41 Å². The van der Waals surface area contributed by atoms with Crippen LogP contribution in [0.3, 0.4) is 0 Å². The Kier molecular flexibility index (Phi) is 5.03. The molecule has 0 amide bonds. The number of ether oxygens (including phenoxy) is 2. The summed E-state index contributed by atoms with van der Waals surface area (Å²) in [7, 11) is 3.31. The fourth-order valence-corrected chi connectivity index (χ4v) is 2.34. The first-order chi connectivity index (χ1) is 8.43. The highest BCUT2D eigenvalue weighted by atomic mass is 16.5. The third kappa shape index (κ3) is 3.39. The molecule has 0 saturated heterocycles. The second kappa shape index (κ2) is 6.10. The average Bonchev–Trinajstić information content (AvgIpc) is 2.33. The van der Waals surface area contributed by atoms with Crippen molar-refractivity contribution in [1.82, 2.24) is 0 Å². The summed E-state index contributed by atoms with van der Waals surface area (Å²) >= 11 is 0. The summed E-state index contributed by atoms with van der Waals surface area (Å²) in [6.45, 7) is 7.41. The van der Waals surface area contributed by atoms with Crippen LogP contribution in [0.1, 0.15) is 38.7 Å². The molecule has 0 aliphatic heterocycles. The van der Waals surface area contributed by atoms with Crippen molar-refractivity contribution in [2.24, 2.45) is 11.1 Å². The molecule has 2 N–H and O–H groups in total. The van der Waals surface area contributed by atoms with Gasteiger partial charge in [-0.3, -0.25) is 0 Å². The molecule has 1 unspecified atom stereocenters. The lowest BCUT2D eigenvalue weighted by Crippen LogP contribution is -2.21. The van der Waals surface area contributed by atoms with Crippen molar-refractivity contribution < 1.29 is 9.47 Å². The standard InChI is InChI=1S/C15H25NO2/c1-15(2,3)12(8-9-16)11-6-7-13(17-4)14(10-11)18-5/h6-7,10,12H,8-9,16H2,1-5H3. The molecule has 1 aromatic carbocycles. The van der Waals surface area contributed by atoms with Gasteiger partial charge in [-0.05, 0) is 42.0 Å². The molecule has 3 heteroatoms. The molecular formula is C15H25NO2. The summed E-state index contributed by atoms with van der Waals surface area (Å²) in [4.78, 5) is 0. The van der Waals surface area contributed by atoms with Gasteiger partial charge in [0.25, 0.3) is 0 Å². The number of methoxy groups -OCH3 is 2. The van der Waals surface area contributed by atoms with Crippen molar-refractivity contribution in [3.63, 3.8) is 0 Å². The van der Waals surface area contributed by atoms with Gasteiger partial charge in [-0.2, -0.15) is 0 Å². The van der Waals surface area contributed by atoms with Crippen molar-refractivity contribution in [2.75, 3.05) is 20.8 Å². The van der Waals surface area contributed by atoms with Gasteiger partial charge in [0, 0.05) is 0 Å². The Bertz CT molecular complexity index is 383. The molecular weight excluding hydrogens is 226 g/mol. The van der Waals surface area contributed by atoms with Crippen LogP contribution in [-0.2, 0) is 0 Å². The smallest absolute Gasteiger partial charge is 0.160 e. The molecule has 0 heterocycles. The third-order valence-electron chi connectivity index (χ3n) is 3.31. The number of rotatable bonds is 5. The van der Waals surface area contributed by atoms with Crippen LogP contribution in [0.5, 0.6) is 11.5 Å². The molecule has 1 atom stereocenters. The highest BCUT2D eigenvalue weighted by Gasteiger charge is 2.26. The normalized spacial score (nSPS) is 13.2. The molecule has 18 heavy (non-hydrogen) atoms. The number of benzene rings is 1. The van der Waals surface area contributed by atoms with E-state index in [1.165, 1.54) is 5.56 Å². The van der Waals surface area contributed by atoms with E-state index in [2.05, 4.69) is 32.9 Å². The van der Waals surface area contributed by atoms with E-state index in [0.717, 1.165) is 17.9 Å². The Morgan fingerprint density at radius 1 is 1.11 bits per heavy atom. The number of hydrogen-bond donors (Lipinski definition) is 1. The zero-order valence-corrected chi connectivity index (χ0v) is 12.1. The lowest BCUT2D eigenvalue weighted by Gasteiger charge is -2.31. The van der Waals surface area contributed by atoms with Gasteiger partial charge in [-0.15, -0.1) is 0 Å². The molecule has 0 saturated carbocycles. The maximum absolute atomic E-state index is 5.73. The van der Waals surface area contributed by atoms with Gasteiger partial charge in [0.1, 0.15) is 0 Å². The van der Waals surface area contributed by atoms with Crippen LogP contribution >= 0.6 is 0 Å². The second-order valence-electron chi connectivity index (χ2n) is 5.61. The van der Waals surface area contributed by atoms with Crippen molar-refractivity contribution >= 4 is 0 Å². The SMILES string of the molecule is COc1ccc(C(CCN)C(C)(C)C)cc1OC. The minimum atomic E-state index is 0.180. The van der Waals surface area contributed by atoms with Crippen LogP contribution in [-0.4, -0.2) is 20.8 Å². The first-order valence-corrected chi connectivity index (χ1v) is 6.36. The summed E-state index contributed by atoms with van der Waals surface area (Å²) < 4.78 is 10.6. The van der Waals surface area contributed by atoms with E-state index in [0.29, 0.717) is 12.5 Å². The molecule has 0 radical (unpaired) electrons. The minimum Gasteiger partial charge on any atom is -0.493 e. The minimum absolute atomic E-state index is 0.180. The van der Waals surface area contributed by atoms with Crippen LogP contribution in [0.4, 0.5) is 0 Å². The van der Waals surface area contributed by atoms with Gasteiger partial charge in [0.2, 0.25) is 0 Å². The fourth-order valence-electron chi connectivity index (χ4n) is 2.34. The van der Waals surface area contributed by atoms with Crippen molar-refractivity contribution in [3.05, 3.63) is 23.8 Å². The highest BCUT2D eigenvalue weighted by Crippen LogP contribution is 2.40. The lowest BCUT2D eigenvalue weighted by atomic mass is 9.74. The molecule has 102 valence electrons. The van der Waals surface area contributed by atoms with E-state index in [9.17, 15) is 0 Å². The van der Waals surface area contributed by atoms with Crippen molar-refractivity contribution in [2.45, 2.75) is 33.1 Å². The maximum Gasteiger partial charge on any atom is 0.160 e. The third-order valence-corrected chi connectivity index (χ3v) is 3.31. The zero-order chi connectivity index (χ0) is 13.8. The predicted octanol–water partition coefficient (Wildman–Crippen LogP) is 3.18. The van der Waals surface area contributed by atoms with E-state index >= 15 is 0 Å². The quantitative estimate of drug-likeness (QED) is 0.874. The maximum atomic E-state index is 5.73. The summed E-state index contributed by atoms with van der Waals surface area (Å²) in [6.07, 6.45) is 0.971. The first-order valence-electron chi connectivity index (χ1n) is 6.36. The molecule has 0 aliphatic rings. The Hall–Kier alpha value is -1.22. The van der Waals surface area contributed by atoms with E-state index in [1.807, 2.05) is 6.07 Å². The second-order valence-corrected chi connectivity index (χ2v) is 5.61. The molecule has 0 aromatic heterocycles. The predicted molar refractivity (Wildman–Crippen MR) is 75.4 cm³/mol. The molecule has 1 rings (SSSR count). The Balaban J connectivity index is 3.13. The van der Waals surface area contributed by atoms with Gasteiger partial charge in [-0.25, -0.2) is 0 Å². The molecule has 0 aliphatic carbocycles. The van der Waals surface area contributed by atoms with Crippen molar-refractivity contribution in [3.8, 4) is 11.5 Å². The van der Waals surface area contributed by atoms with Crippen LogP contribution in [0.15, 0.2) is 18.2 Å². The zero-order valence-electron chi connectivity index (χ0n) is 12.1. The Labute approximate surface area is 110 Å². The molecule has 0 bridgehead atoms. The summed E-state index contributed by atoms with van der Waals surface area (Å²) in [5.41, 5.74) is 7.17. The highest BCUT2D eigenvalue weighted by molar-refractivity contribution is 5.44. The van der Waals surface area contributed by atoms with Crippen molar-refractivity contribution in [1.29, 1.82) is 0 Å². The number of hydrogen-bond acceptors (Lipinski definition) is 3. The van der Waals surface area contributed by atoms with Gasteiger partial charge in [-0.1, -0.05) is 26.8 Å². The Morgan fingerprint density at radius 3 is 2.17 bits per heavy atom. The summed E-state index contributed by atoms with van der Waals surface area (Å²) in [5.74, 6) is 1.96. The largest absolute Gasteiger partial charge is 0.493 e. The van der Waals surface area contributed by atoms with E-state index < -0.39 is 0 Å². The molecule has 0 fully saturated rings. The fraction of sp³-hybridized carbons (Fsp3) is 0.600. The monoisotopic (exact) mass is 251 g/mol. The van der Waals surface area contributed by atoms with Gasteiger partial charge >= 0.3 is 0 Å².